The molecule has 0 bridgehead atoms. The van der Waals surface area contributed by atoms with Gasteiger partial charge in [0, 0.05) is 17.8 Å². The van der Waals surface area contributed by atoms with E-state index in [2.05, 4.69) is 5.32 Å². The van der Waals surface area contributed by atoms with Crippen LogP contribution in [-0.2, 0) is 0 Å². The van der Waals surface area contributed by atoms with Crippen molar-refractivity contribution in [3.05, 3.63) is 51.7 Å². The number of thiophene rings is 1. The number of hydrogen-bond donors (Lipinski definition) is 3. The zero-order chi connectivity index (χ0) is 13.8. The standard InChI is InChI=1S/C14H16N2O2S/c1-9-4-11(6-12(15)5-9)14(18)16-7-13(17)10-2-3-19-8-10/h2-6,8,13,17H,7,15H2,1H3,(H,16,18). The molecular formula is C14H16N2O2S. The van der Waals surface area contributed by atoms with Gasteiger partial charge in [-0.15, -0.1) is 0 Å². The highest BCUT2D eigenvalue weighted by Gasteiger charge is 2.11. The van der Waals surface area contributed by atoms with Crippen molar-refractivity contribution >= 4 is 22.9 Å². The van der Waals surface area contributed by atoms with Gasteiger partial charge in [0.25, 0.3) is 5.91 Å². The second-order valence-corrected chi connectivity index (χ2v) is 5.19. The number of nitrogens with two attached hydrogens (primary N) is 1. The quantitative estimate of drug-likeness (QED) is 0.749. The number of amides is 1. The van der Waals surface area contributed by atoms with E-state index in [1.54, 1.807) is 18.2 Å². The Morgan fingerprint density at radius 1 is 1.47 bits per heavy atom. The number of anilines is 1. The maximum absolute atomic E-state index is 11.9. The first-order valence-corrected chi connectivity index (χ1v) is 6.86. The second kappa shape index (κ2) is 5.86. The summed E-state index contributed by atoms with van der Waals surface area (Å²) in [5.74, 6) is -0.232. The number of nitrogen functional groups attached to an aromatic ring is 1. The van der Waals surface area contributed by atoms with Gasteiger partial charge in [-0.05, 0) is 53.1 Å². The third-order valence-corrected chi connectivity index (χ3v) is 3.45. The third kappa shape index (κ3) is 3.56. The lowest BCUT2D eigenvalue weighted by Gasteiger charge is -2.11. The molecule has 5 heteroatoms. The molecule has 1 heterocycles. The topological polar surface area (TPSA) is 75.4 Å². The maximum Gasteiger partial charge on any atom is 0.251 e. The van der Waals surface area contributed by atoms with E-state index in [1.807, 2.05) is 23.8 Å². The third-order valence-electron chi connectivity index (χ3n) is 2.75. The summed E-state index contributed by atoms with van der Waals surface area (Å²) in [5, 5.41) is 16.3. The Hall–Kier alpha value is -1.85. The van der Waals surface area contributed by atoms with Gasteiger partial charge >= 0.3 is 0 Å². The molecule has 0 aliphatic heterocycles. The molecule has 1 unspecified atom stereocenters. The first-order valence-electron chi connectivity index (χ1n) is 5.92. The summed E-state index contributed by atoms with van der Waals surface area (Å²) in [6.45, 7) is 2.07. The van der Waals surface area contributed by atoms with E-state index in [0.717, 1.165) is 11.1 Å². The fraction of sp³-hybridized carbons (Fsp3) is 0.214. The number of aryl methyl sites for hydroxylation is 1. The van der Waals surface area contributed by atoms with Crippen LogP contribution in [0, 0.1) is 6.92 Å². The SMILES string of the molecule is Cc1cc(N)cc(C(=O)NCC(O)c2ccsc2)c1. The molecule has 2 aromatic rings. The molecule has 0 radical (unpaired) electrons. The molecular weight excluding hydrogens is 260 g/mol. The highest BCUT2D eigenvalue weighted by atomic mass is 32.1. The van der Waals surface area contributed by atoms with E-state index >= 15 is 0 Å². The van der Waals surface area contributed by atoms with Crippen molar-refractivity contribution in [1.82, 2.24) is 5.32 Å². The minimum absolute atomic E-state index is 0.184. The Morgan fingerprint density at radius 2 is 2.26 bits per heavy atom. The minimum atomic E-state index is -0.683. The summed E-state index contributed by atoms with van der Waals surface area (Å²) in [6.07, 6.45) is -0.683. The van der Waals surface area contributed by atoms with Crippen LogP contribution in [0.2, 0.25) is 0 Å². The molecule has 1 aromatic carbocycles. The lowest BCUT2D eigenvalue weighted by Crippen LogP contribution is -2.28. The molecule has 2 rings (SSSR count). The molecule has 19 heavy (non-hydrogen) atoms. The van der Waals surface area contributed by atoms with Gasteiger partial charge in [0.15, 0.2) is 0 Å². The van der Waals surface area contributed by atoms with Gasteiger partial charge in [0.1, 0.15) is 0 Å². The number of aliphatic hydroxyl groups excluding tert-OH is 1. The summed E-state index contributed by atoms with van der Waals surface area (Å²) >= 11 is 1.51. The predicted octanol–water partition coefficient (Wildman–Crippen LogP) is 2.10. The monoisotopic (exact) mass is 276 g/mol. The average Bonchev–Trinajstić information content (AvgIpc) is 2.88. The summed E-state index contributed by atoms with van der Waals surface area (Å²) in [7, 11) is 0. The van der Waals surface area contributed by atoms with E-state index in [1.165, 1.54) is 11.3 Å². The van der Waals surface area contributed by atoms with Crippen LogP contribution in [0.15, 0.2) is 35.0 Å². The van der Waals surface area contributed by atoms with Gasteiger partial charge in [0.2, 0.25) is 0 Å². The largest absolute Gasteiger partial charge is 0.399 e. The molecule has 0 aliphatic rings. The van der Waals surface area contributed by atoms with Crippen molar-refractivity contribution in [2.24, 2.45) is 0 Å². The van der Waals surface area contributed by atoms with Crippen molar-refractivity contribution in [2.75, 3.05) is 12.3 Å². The van der Waals surface area contributed by atoms with Crippen molar-refractivity contribution < 1.29 is 9.90 Å². The number of rotatable bonds is 4. The molecule has 0 spiro atoms. The van der Waals surface area contributed by atoms with Crippen molar-refractivity contribution in [3.8, 4) is 0 Å². The Labute approximate surface area is 115 Å². The summed E-state index contributed by atoms with van der Waals surface area (Å²) < 4.78 is 0. The number of benzene rings is 1. The minimum Gasteiger partial charge on any atom is -0.399 e. The summed E-state index contributed by atoms with van der Waals surface area (Å²) in [5.41, 5.74) is 8.52. The van der Waals surface area contributed by atoms with Gasteiger partial charge in [-0.2, -0.15) is 11.3 Å². The van der Waals surface area contributed by atoms with Gasteiger partial charge in [0.05, 0.1) is 6.10 Å². The molecule has 1 amide bonds. The van der Waals surface area contributed by atoms with Gasteiger partial charge in [-0.3, -0.25) is 4.79 Å². The Balaban J connectivity index is 1.98. The molecule has 1 atom stereocenters. The van der Waals surface area contributed by atoms with Crippen molar-refractivity contribution in [3.63, 3.8) is 0 Å². The zero-order valence-corrected chi connectivity index (χ0v) is 11.4. The Morgan fingerprint density at radius 3 is 2.89 bits per heavy atom. The average molecular weight is 276 g/mol. The van der Waals surface area contributed by atoms with Crippen LogP contribution in [0.25, 0.3) is 0 Å². The molecule has 0 fully saturated rings. The molecule has 4 N–H and O–H groups in total. The number of carbonyl (C=O) groups is 1. The van der Waals surface area contributed by atoms with Crippen LogP contribution >= 0.6 is 11.3 Å². The lowest BCUT2D eigenvalue weighted by atomic mass is 10.1. The first kappa shape index (κ1) is 13.6. The fourth-order valence-corrected chi connectivity index (χ4v) is 2.52. The van der Waals surface area contributed by atoms with E-state index in [4.69, 9.17) is 5.73 Å². The molecule has 0 aliphatic carbocycles. The van der Waals surface area contributed by atoms with E-state index in [9.17, 15) is 9.90 Å². The van der Waals surface area contributed by atoms with Gasteiger partial charge < -0.3 is 16.2 Å². The number of hydrogen-bond acceptors (Lipinski definition) is 4. The van der Waals surface area contributed by atoms with Crippen LogP contribution in [-0.4, -0.2) is 17.6 Å². The summed E-state index contributed by atoms with van der Waals surface area (Å²) in [4.78, 5) is 11.9. The Kier molecular flexibility index (Phi) is 4.19. The molecule has 1 aromatic heterocycles. The molecule has 4 nitrogen and oxygen atoms in total. The molecule has 100 valence electrons. The van der Waals surface area contributed by atoms with Crippen LogP contribution < -0.4 is 11.1 Å². The van der Waals surface area contributed by atoms with Crippen molar-refractivity contribution in [1.29, 1.82) is 0 Å². The number of aliphatic hydroxyl groups is 1. The lowest BCUT2D eigenvalue weighted by molar-refractivity contribution is 0.0916. The van der Waals surface area contributed by atoms with Crippen LogP contribution in [0.3, 0.4) is 0 Å². The van der Waals surface area contributed by atoms with Gasteiger partial charge in [-0.25, -0.2) is 0 Å². The zero-order valence-electron chi connectivity index (χ0n) is 10.6. The van der Waals surface area contributed by atoms with Crippen LogP contribution in [0.1, 0.15) is 27.6 Å². The number of nitrogens with one attached hydrogen (secondary N) is 1. The highest BCUT2D eigenvalue weighted by molar-refractivity contribution is 7.07. The van der Waals surface area contributed by atoms with E-state index in [-0.39, 0.29) is 12.5 Å². The second-order valence-electron chi connectivity index (χ2n) is 4.41. The fourth-order valence-electron chi connectivity index (χ4n) is 1.82. The Bertz CT molecular complexity index is 547. The highest BCUT2D eigenvalue weighted by Crippen LogP contribution is 2.16. The molecule has 0 saturated carbocycles. The smallest absolute Gasteiger partial charge is 0.251 e. The predicted molar refractivity (Wildman–Crippen MR) is 77.2 cm³/mol. The van der Waals surface area contributed by atoms with Crippen LogP contribution in [0.4, 0.5) is 5.69 Å². The summed E-state index contributed by atoms with van der Waals surface area (Å²) in [6, 6.07) is 7.03. The van der Waals surface area contributed by atoms with Crippen LogP contribution in [0.5, 0.6) is 0 Å². The molecule has 0 saturated heterocycles. The van der Waals surface area contributed by atoms with Gasteiger partial charge in [-0.1, -0.05) is 0 Å². The normalized spacial score (nSPS) is 12.1. The first-order chi connectivity index (χ1) is 9.06. The van der Waals surface area contributed by atoms with Crippen molar-refractivity contribution in [2.45, 2.75) is 13.0 Å². The van der Waals surface area contributed by atoms with E-state index in [0.29, 0.717) is 11.3 Å². The maximum atomic E-state index is 11.9. The number of carbonyl (C=O) groups excluding carboxylic acids is 1. The van der Waals surface area contributed by atoms with E-state index < -0.39 is 6.10 Å².